The summed E-state index contributed by atoms with van der Waals surface area (Å²) in [6.45, 7) is 1.31. The SMILES string of the molecule is Cn1c(=O)c2[nH]c(C3CCCN(C(=O)Cc4cccs4)C3)nc2n(C)c1=O. The van der Waals surface area contributed by atoms with E-state index in [0.29, 0.717) is 30.0 Å². The van der Waals surface area contributed by atoms with Crippen molar-refractivity contribution < 1.29 is 4.79 Å². The molecular formula is C18H21N5O3S. The molecule has 4 heterocycles. The van der Waals surface area contributed by atoms with Crippen molar-refractivity contribution in [2.45, 2.75) is 25.2 Å². The lowest BCUT2D eigenvalue weighted by molar-refractivity contribution is -0.131. The number of likely N-dealkylation sites (tertiary alicyclic amines) is 1. The van der Waals surface area contributed by atoms with E-state index in [0.717, 1.165) is 28.8 Å². The van der Waals surface area contributed by atoms with Crippen LogP contribution in [0.25, 0.3) is 11.2 Å². The molecule has 0 saturated carbocycles. The number of hydrogen-bond acceptors (Lipinski definition) is 5. The van der Waals surface area contributed by atoms with Crippen molar-refractivity contribution >= 4 is 28.4 Å². The highest BCUT2D eigenvalue weighted by Gasteiger charge is 2.28. The highest BCUT2D eigenvalue weighted by molar-refractivity contribution is 7.10. The van der Waals surface area contributed by atoms with Crippen LogP contribution in [0.1, 0.15) is 29.5 Å². The van der Waals surface area contributed by atoms with Crippen LogP contribution in [0, 0.1) is 0 Å². The van der Waals surface area contributed by atoms with E-state index in [1.807, 2.05) is 22.4 Å². The minimum Gasteiger partial charge on any atom is -0.342 e. The molecule has 0 bridgehead atoms. The summed E-state index contributed by atoms with van der Waals surface area (Å²) in [4.78, 5) is 47.6. The number of piperidine rings is 1. The third kappa shape index (κ3) is 3.12. The number of H-pyrrole nitrogens is 1. The van der Waals surface area contributed by atoms with E-state index in [1.54, 1.807) is 18.4 Å². The number of fused-ring (bicyclic) bond motifs is 1. The van der Waals surface area contributed by atoms with Crippen molar-refractivity contribution in [1.82, 2.24) is 24.0 Å². The Morgan fingerprint density at radius 1 is 1.33 bits per heavy atom. The Kier molecular flexibility index (Phi) is 4.47. The largest absolute Gasteiger partial charge is 0.342 e. The van der Waals surface area contributed by atoms with Gasteiger partial charge in [-0.2, -0.15) is 0 Å². The van der Waals surface area contributed by atoms with Gasteiger partial charge in [-0.05, 0) is 24.3 Å². The minimum absolute atomic E-state index is 0.0262. The second-order valence-electron chi connectivity index (χ2n) is 6.96. The Bertz CT molecular complexity index is 1110. The molecule has 3 aromatic heterocycles. The van der Waals surface area contributed by atoms with E-state index in [-0.39, 0.29) is 17.4 Å². The second-order valence-corrected chi connectivity index (χ2v) is 7.99. The van der Waals surface area contributed by atoms with Crippen molar-refractivity contribution in [3.05, 3.63) is 49.1 Å². The molecular weight excluding hydrogens is 366 g/mol. The molecule has 1 saturated heterocycles. The summed E-state index contributed by atoms with van der Waals surface area (Å²) in [5, 5.41) is 1.97. The average Bonchev–Trinajstić information content (AvgIpc) is 3.34. The Morgan fingerprint density at radius 2 is 2.15 bits per heavy atom. The predicted octanol–water partition coefficient (Wildman–Crippen LogP) is 0.970. The molecule has 1 aliphatic rings. The topological polar surface area (TPSA) is 93.0 Å². The number of hydrogen-bond donors (Lipinski definition) is 1. The van der Waals surface area contributed by atoms with Gasteiger partial charge >= 0.3 is 5.69 Å². The van der Waals surface area contributed by atoms with Crippen LogP contribution in [0.4, 0.5) is 0 Å². The van der Waals surface area contributed by atoms with Crippen LogP contribution in [0.2, 0.25) is 0 Å². The lowest BCUT2D eigenvalue weighted by Crippen LogP contribution is -2.40. The molecule has 9 heteroatoms. The molecule has 1 atom stereocenters. The number of thiophene rings is 1. The zero-order chi connectivity index (χ0) is 19.1. The summed E-state index contributed by atoms with van der Waals surface area (Å²) >= 11 is 1.59. The standard InChI is InChI=1S/C18H21N5O3S/c1-21-16-14(17(25)22(2)18(21)26)19-15(20-16)11-5-3-7-23(10-11)13(24)9-12-6-4-8-27-12/h4,6,8,11H,3,5,7,9-10H2,1-2H3,(H,19,20). The van der Waals surface area contributed by atoms with Crippen LogP contribution in [0.3, 0.4) is 0 Å². The fraction of sp³-hybridized carbons (Fsp3) is 0.444. The number of carbonyl (C=O) groups is 1. The molecule has 1 fully saturated rings. The fourth-order valence-corrected chi connectivity index (χ4v) is 4.33. The Labute approximate surface area is 159 Å². The normalized spacial score (nSPS) is 17.6. The molecule has 8 nitrogen and oxygen atoms in total. The maximum atomic E-state index is 12.6. The molecule has 0 radical (unpaired) electrons. The van der Waals surface area contributed by atoms with E-state index < -0.39 is 5.69 Å². The van der Waals surface area contributed by atoms with E-state index in [4.69, 9.17) is 0 Å². The summed E-state index contributed by atoms with van der Waals surface area (Å²) < 4.78 is 2.45. The average molecular weight is 387 g/mol. The first-order valence-electron chi connectivity index (χ1n) is 8.91. The minimum atomic E-state index is -0.401. The van der Waals surface area contributed by atoms with Gasteiger partial charge in [0, 0.05) is 38.0 Å². The highest BCUT2D eigenvalue weighted by Crippen LogP contribution is 2.26. The number of aryl methyl sites for hydroxylation is 1. The number of nitrogens with zero attached hydrogens (tertiary/aromatic N) is 4. The quantitative estimate of drug-likeness (QED) is 0.725. The lowest BCUT2D eigenvalue weighted by atomic mass is 9.97. The summed E-state index contributed by atoms with van der Waals surface area (Å²) in [5.74, 6) is 0.803. The Morgan fingerprint density at radius 3 is 2.89 bits per heavy atom. The van der Waals surface area contributed by atoms with Gasteiger partial charge in [-0.3, -0.25) is 18.7 Å². The van der Waals surface area contributed by atoms with Crippen LogP contribution in [-0.4, -0.2) is 43.0 Å². The molecule has 4 rings (SSSR count). The zero-order valence-corrected chi connectivity index (χ0v) is 16.1. The summed E-state index contributed by atoms with van der Waals surface area (Å²) in [7, 11) is 3.06. The van der Waals surface area contributed by atoms with Gasteiger partial charge in [-0.25, -0.2) is 9.78 Å². The highest BCUT2D eigenvalue weighted by atomic mass is 32.1. The first-order valence-corrected chi connectivity index (χ1v) is 9.79. The van der Waals surface area contributed by atoms with Gasteiger partial charge in [0.25, 0.3) is 5.56 Å². The lowest BCUT2D eigenvalue weighted by Gasteiger charge is -2.31. The van der Waals surface area contributed by atoms with Gasteiger partial charge in [-0.1, -0.05) is 6.07 Å². The van der Waals surface area contributed by atoms with Gasteiger partial charge in [0.15, 0.2) is 5.65 Å². The van der Waals surface area contributed by atoms with Crippen LogP contribution in [0.15, 0.2) is 27.1 Å². The van der Waals surface area contributed by atoms with Gasteiger partial charge in [0.05, 0.1) is 6.42 Å². The summed E-state index contributed by atoms with van der Waals surface area (Å²) in [6.07, 6.45) is 2.19. The van der Waals surface area contributed by atoms with E-state index in [1.165, 1.54) is 11.6 Å². The van der Waals surface area contributed by atoms with Gasteiger partial charge in [0.1, 0.15) is 11.3 Å². The Hall–Kier alpha value is -2.68. The second kappa shape index (κ2) is 6.80. The maximum Gasteiger partial charge on any atom is 0.332 e. The van der Waals surface area contributed by atoms with Crippen LogP contribution in [0.5, 0.6) is 0 Å². The molecule has 1 unspecified atom stereocenters. The van der Waals surface area contributed by atoms with E-state index in [2.05, 4.69) is 9.97 Å². The van der Waals surface area contributed by atoms with E-state index >= 15 is 0 Å². The maximum absolute atomic E-state index is 12.6. The molecule has 142 valence electrons. The first-order chi connectivity index (χ1) is 13.0. The third-order valence-electron chi connectivity index (χ3n) is 5.18. The molecule has 1 amide bonds. The molecule has 0 aliphatic carbocycles. The van der Waals surface area contributed by atoms with Crippen LogP contribution in [-0.2, 0) is 25.3 Å². The monoisotopic (exact) mass is 387 g/mol. The molecule has 0 aromatic carbocycles. The number of aromatic amines is 1. The van der Waals surface area contributed by atoms with Crippen molar-refractivity contribution in [3.63, 3.8) is 0 Å². The van der Waals surface area contributed by atoms with Crippen molar-refractivity contribution in [2.75, 3.05) is 13.1 Å². The third-order valence-corrected chi connectivity index (χ3v) is 6.06. The van der Waals surface area contributed by atoms with Gasteiger partial charge in [0.2, 0.25) is 5.91 Å². The molecule has 1 N–H and O–H groups in total. The number of aromatic nitrogens is 4. The first kappa shape index (κ1) is 17.7. The fourth-order valence-electron chi connectivity index (χ4n) is 3.64. The number of rotatable bonds is 3. The Balaban J connectivity index is 1.61. The predicted molar refractivity (Wildman–Crippen MR) is 103 cm³/mol. The number of nitrogens with one attached hydrogen (secondary N) is 1. The van der Waals surface area contributed by atoms with Crippen molar-refractivity contribution in [2.24, 2.45) is 14.1 Å². The molecule has 3 aromatic rings. The number of amides is 1. The smallest absolute Gasteiger partial charge is 0.332 e. The van der Waals surface area contributed by atoms with E-state index in [9.17, 15) is 14.4 Å². The number of imidazole rings is 1. The van der Waals surface area contributed by atoms with Gasteiger partial charge in [-0.15, -0.1) is 11.3 Å². The zero-order valence-electron chi connectivity index (χ0n) is 15.3. The van der Waals surface area contributed by atoms with Crippen LogP contribution < -0.4 is 11.2 Å². The van der Waals surface area contributed by atoms with Crippen LogP contribution >= 0.6 is 11.3 Å². The summed E-state index contributed by atoms with van der Waals surface area (Å²) in [6, 6.07) is 3.92. The molecule has 27 heavy (non-hydrogen) atoms. The van der Waals surface area contributed by atoms with Crippen molar-refractivity contribution in [3.8, 4) is 0 Å². The molecule has 1 aliphatic heterocycles. The number of carbonyl (C=O) groups excluding carboxylic acids is 1. The summed E-state index contributed by atoms with van der Waals surface area (Å²) in [5.41, 5.74) is -0.0907. The molecule has 0 spiro atoms. The van der Waals surface area contributed by atoms with Gasteiger partial charge < -0.3 is 9.88 Å². The van der Waals surface area contributed by atoms with Crippen molar-refractivity contribution in [1.29, 1.82) is 0 Å².